The monoisotopic (exact) mass is 442 g/mol. The molecule has 0 aromatic carbocycles. The number of carbonyl (C=O) groups excluding carboxylic acids is 2. The van der Waals surface area contributed by atoms with Gasteiger partial charge in [-0.25, -0.2) is 0 Å². The van der Waals surface area contributed by atoms with Gasteiger partial charge in [0, 0.05) is 10.9 Å². The average molecular weight is 443 g/mol. The van der Waals surface area contributed by atoms with Gasteiger partial charge in [0.15, 0.2) is 0 Å². The number of carboxylic acids is 1. The quantitative estimate of drug-likeness (QED) is 0.597. The van der Waals surface area contributed by atoms with Crippen LogP contribution >= 0.6 is 11.3 Å². The second kappa shape index (κ2) is 8.41. The van der Waals surface area contributed by atoms with Gasteiger partial charge in [0.05, 0.1) is 17.4 Å². The summed E-state index contributed by atoms with van der Waals surface area (Å²) in [6.45, 7) is 0. The van der Waals surface area contributed by atoms with E-state index < -0.39 is 17.8 Å². The molecule has 1 aromatic rings. The number of nitrogens with one attached hydrogen (secondary N) is 2. The summed E-state index contributed by atoms with van der Waals surface area (Å²) in [7, 11) is 0. The number of hydrogen-bond donors (Lipinski definition) is 3. The molecule has 2 saturated carbocycles. The minimum Gasteiger partial charge on any atom is -0.481 e. The zero-order valence-electron chi connectivity index (χ0n) is 17.7. The normalized spacial score (nSPS) is 29.5. The van der Waals surface area contributed by atoms with Gasteiger partial charge >= 0.3 is 5.97 Å². The van der Waals surface area contributed by atoms with Gasteiger partial charge in [-0.3, -0.25) is 14.4 Å². The van der Waals surface area contributed by atoms with Crippen molar-refractivity contribution < 1.29 is 19.5 Å². The molecule has 4 atom stereocenters. The SMILES string of the molecule is O=C(NC1CCCC1)c1c(NC(=O)[C@@H]2[C@@H](C(=O)O)[C@@H]3C=C[C@H]2CC3)sc2c1CCCC2. The molecule has 5 aliphatic rings. The van der Waals surface area contributed by atoms with E-state index >= 15 is 0 Å². The number of amides is 2. The first-order chi connectivity index (χ1) is 15.0. The molecule has 31 heavy (non-hydrogen) atoms. The van der Waals surface area contributed by atoms with Gasteiger partial charge in [-0.1, -0.05) is 25.0 Å². The smallest absolute Gasteiger partial charge is 0.307 e. The molecule has 3 N–H and O–H groups in total. The molecular formula is C24H30N2O4S. The topological polar surface area (TPSA) is 95.5 Å². The van der Waals surface area contributed by atoms with Crippen molar-refractivity contribution in [3.63, 3.8) is 0 Å². The zero-order valence-corrected chi connectivity index (χ0v) is 18.5. The number of fused-ring (bicyclic) bond motifs is 3. The molecule has 2 amide bonds. The Balaban J connectivity index is 1.42. The van der Waals surface area contributed by atoms with Crippen LogP contribution in [0.15, 0.2) is 12.2 Å². The Hall–Kier alpha value is -2.15. The molecule has 1 heterocycles. The van der Waals surface area contributed by atoms with Crippen molar-refractivity contribution in [2.45, 2.75) is 70.3 Å². The minimum atomic E-state index is -0.899. The third-order valence-corrected chi connectivity index (χ3v) is 8.87. The van der Waals surface area contributed by atoms with E-state index in [2.05, 4.69) is 10.6 Å². The second-order valence-corrected chi connectivity index (χ2v) is 10.6. The Kier molecular flexibility index (Phi) is 5.63. The molecule has 0 spiro atoms. The van der Waals surface area contributed by atoms with Crippen LogP contribution in [0.3, 0.4) is 0 Å². The molecular weight excluding hydrogens is 412 g/mol. The number of aliphatic carboxylic acids is 1. The van der Waals surface area contributed by atoms with E-state index in [0.717, 1.165) is 69.8 Å². The van der Waals surface area contributed by atoms with Crippen molar-refractivity contribution in [3.8, 4) is 0 Å². The van der Waals surface area contributed by atoms with E-state index in [9.17, 15) is 19.5 Å². The standard InChI is InChI=1S/C24H30N2O4S/c27-21(18-13-9-11-14(12-10-13)19(18)24(29)30)26-23-20(16-7-3-4-8-17(16)31-23)22(28)25-15-5-1-2-6-15/h9,11,13-15,18-19H,1-8,10,12H2,(H,25,28)(H,26,27)(H,29,30)/t13-,14+,18-,19-/m0/s1. The molecule has 2 bridgehead atoms. The fraction of sp³-hybridized carbons (Fsp3) is 0.625. The molecule has 0 radical (unpaired) electrons. The van der Waals surface area contributed by atoms with Crippen molar-refractivity contribution in [2.24, 2.45) is 23.7 Å². The van der Waals surface area contributed by atoms with Gasteiger partial charge in [-0.15, -0.1) is 11.3 Å². The fourth-order valence-electron chi connectivity index (χ4n) is 6.11. The largest absolute Gasteiger partial charge is 0.481 e. The van der Waals surface area contributed by atoms with E-state index in [1.165, 1.54) is 16.2 Å². The Morgan fingerprint density at radius 2 is 1.58 bits per heavy atom. The number of carbonyl (C=O) groups is 3. The summed E-state index contributed by atoms with van der Waals surface area (Å²) in [6, 6.07) is 0.214. The Bertz CT molecular complexity index is 930. The van der Waals surface area contributed by atoms with Gasteiger partial charge < -0.3 is 15.7 Å². The molecule has 7 heteroatoms. The van der Waals surface area contributed by atoms with E-state index in [1.807, 2.05) is 12.2 Å². The lowest BCUT2D eigenvalue weighted by atomic mass is 9.62. The number of allylic oxidation sites excluding steroid dienone is 2. The fourth-order valence-corrected chi connectivity index (χ4v) is 7.39. The van der Waals surface area contributed by atoms with Crippen molar-refractivity contribution in [3.05, 3.63) is 28.2 Å². The van der Waals surface area contributed by atoms with Crippen LogP contribution in [0, 0.1) is 23.7 Å². The first-order valence-corrected chi connectivity index (χ1v) is 12.5. The van der Waals surface area contributed by atoms with Gasteiger partial charge in [0.2, 0.25) is 5.91 Å². The van der Waals surface area contributed by atoms with Crippen LogP contribution in [-0.2, 0) is 22.4 Å². The number of rotatable bonds is 5. The zero-order chi connectivity index (χ0) is 21.5. The van der Waals surface area contributed by atoms with Crippen LogP contribution in [-0.4, -0.2) is 28.9 Å². The van der Waals surface area contributed by atoms with Crippen molar-refractivity contribution in [2.75, 3.05) is 5.32 Å². The summed E-state index contributed by atoms with van der Waals surface area (Å²) in [5, 5.41) is 16.6. The second-order valence-electron chi connectivity index (χ2n) is 9.54. The van der Waals surface area contributed by atoms with E-state index in [0.29, 0.717) is 10.6 Å². The molecule has 0 saturated heterocycles. The maximum absolute atomic E-state index is 13.4. The number of hydrogen-bond acceptors (Lipinski definition) is 4. The lowest BCUT2D eigenvalue weighted by molar-refractivity contribution is -0.151. The van der Waals surface area contributed by atoms with Gasteiger partial charge in [-0.2, -0.15) is 0 Å². The Morgan fingerprint density at radius 3 is 2.26 bits per heavy atom. The summed E-state index contributed by atoms with van der Waals surface area (Å²) in [4.78, 5) is 39.8. The molecule has 0 aliphatic heterocycles. The first-order valence-electron chi connectivity index (χ1n) is 11.7. The van der Waals surface area contributed by atoms with Crippen LogP contribution in [0.5, 0.6) is 0 Å². The maximum atomic E-state index is 13.4. The maximum Gasteiger partial charge on any atom is 0.307 e. The van der Waals surface area contributed by atoms with Gasteiger partial charge in [0.1, 0.15) is 5.00 Å². The Labute approximate surface area is 186 Å². The lowest BCUT2D eigenvalue weighted by Gasteiger charge is -2.41. The van der Waals surface area contributed by atoms with Gasteiger partial charge in [0.25, 0.3) is 5.91 Å². The summed E-state index contributed by atoms with van der Waals surface area (Å²) < 4.78 is 0. The van der Waals surface area contributed by atoms with Crippen LogP contribution in [0.1, 0.15) is 72.2 Å². The lowest BCUT2D eigenvalue weighted by Crippen LogP contribution is -2.47. The van der Waals surface area contributed by atoms with Crippen LogP contribution in [0.4, 0.5) is 5.00 Å². The van der Waals surface area contributed by atoms with Crippen molar-refractivity contribution >= 4 is 34.1 Å². The Morgan fingerprint density at radius 1 is 0.903 bits per heavy atom. The molecule has 2 fully saturated rings. The first kappa shape index (κ1) is 20.7. The van der Waals surface area contributed by atoms with Crippen LogP contribution < -0.4 is 10.6 Å². The van der Waals surface area contributed by atoms with Crippen molar-refractivity contribution in [1.29, 1.82) is 0 Å². The number of thiophene rings is 1. The highest BCUT2D eigenvalue weighted by molar-refractivity contribution is 7.17. The molecule has 1 aromatic heterocycles. The summed E-state index contributed by atoms with van der Waals surface area (Å²) >= 11 is 1.51. The predicted octanol–water partition coefficient (Wildman–Crippen LogP) is 4.15. The van der Waals surface area contributed by atoms with E-state index in [1.54, 1.807) is 0 Å². The summed E-state index contributed by atoms with van der Waals surface area (Å²) in [5.41, 5.74) is 1.71. The number of aryl methyl sites for hydroxylation is 1. The highest BCUT2D eigenvalue weighted by Crippen LogP contribution is 2.46. The van der Waals surface area contributed by atoms with Crippen LogP contribution in [0.2, 0.25) is 0 Å². The van der Waals surface area contributed by atoms with Gasteiger partial charge in [-0.05, 0) is 68.8 Å². The summed E-state index contributed by atoms with van der Waals surface area (Å²) in [5.74, 6) is -2.62. The third-order valence-electron chi connectivity index (χ3n) is 7.66. The summed E-state index contributed by atoms with van der Waals surface area (Å²) in [6.07, 6.45) is 13.9. The molecule has 6 rings (SSSR count). The van der Waals surface area contributed by atoms with E-state index in [4.69, 9.17) is 0 Å². The van der Waals surface area contributed by atoms with Crippen molar-refractivity contribution in [1.82, 2.24) is 5.32 Å². The average Bonchev–Trinajstić information content (AvgIpc) is 3.40. The molecule has 6 nitrogen and oxygen atoms in total. The van der Waals surface area contributed by atoms with E-state index in [-0.39, 0.29) is 29.7 Å². The molecule has 5 aliphatic carbocycles. The number of carboxylic acid groups (broad SMARTS) is 1. The minimum absolute atomic E-state index is 0.0450. The highest BCUT2D eigenvalue weighted by Gasteiger charge is 2.48. The molecule has 0 unspecified atom stereocenters. The molecule has 166 valence electrons. The highest BCUT2D eigenvalue weighted by atomic mass is 32.1. The predicted molar refractivity (Wildman–Crippen MR) is 119 cm³/mol. The third kappa shape index (κ3) is 3.81. The number of anilines is 1. The van der Waals surface area contributed by atoms with Crippen LogP contribution in [0.25, 0.3) is 0 Å².